The fourth-order valence-corrected chi connectivity index (χ4v) is 1.64. The molecule has 0 bridgehead atoms. The van der Waals surface area contributed by atoms with Crippen LogP contribution in [0.1, 0.15) is 11.3 Å². The van der Waals surface area contributed by atoms with Crippen LogP contribution in [-0.4, -0.2) is 14.9 Å². The third-order valence-corrected chi connectivity index (χ3v) is 2.51. The van der Waals surface area contributed by atoms with Crippen LogP contribution in [0.25, 0.3) is 0 Å². The van der Waals surface area contributed by atoms with Crippen LogP contribution in [0.2, 0.25) is 0 Å². The van der Waals surface area contributed by atoms with Crippen LogP contribution in [0, 0.1) is 17.0 Å². The summed E-state index contributed by atoms with van der Waals surface area (Å²) in [6.07, 6.45) is 0. The first-order chi connectivity index (χ1) is 9.58. The van der Waals surface area contributed by atoms with Crippen LogP contribution in [0.4, 0.5) is 17.5 Å². The molecule has 0 radical (unpaired) electrons. The highest BCUT2D eigenvalue weighted by atomic mass is 16.6. The van der Waals surface area contributed by atoms with Crippen LogP contribution in [0.5, 0.6) is 0 Å². The van der Waals surface area contributed by atoms with Gasteiger partial charge in [-0.25, -0.2) is 10.5 Å². The number of nitro groups is 1. The Morgan fingerprint density at radius 1 is 1.35 bits per heavy atom. The third-order valence-electron chi connectivity index (χ3n) is 2.51. The number of aromatic nitrogens is 2. The standard InChI is InChI=1S/C12H13N5O3/c1-8-10(17(18)19)11(15-12(13)14-8)16-20-7-9-5-3-2-4-6-9/h2-6H,7H2,1H3,(H3,13,14,15,16). The molecule has 20 heavy (non-hydrogen) atoms. The van der Waals surface area contributed by atoms with Crippen LogP contribution < -0.4 is 11.2 Å². The average Bonchev–Trinajstić information content (AvgIpc) is 2.38. The minimum atomic E-state index is -0.580. The molecule has 0 saturated carbocycles. The van der Waals surface area contributed by atoms with E-state index in [0.717, 1.165) is 5.56 Å². The van der Waals surface area contributed by atoms with Crippen LogP contribution >= 0.6 is 0 Å². The molecule has 1 aromatic carbocycles. The summed E-state index contributed by atoms with van der Waals surface area (Å²) in [5.41, 5.74) is 8.76. The smallest absolute Gasteiger partial charge is 0.334 e. The van der Waals surface area contributed by atoms with E-state index in [2.05, 4.69) is 15.4 Å². The number of hydrogen-bond donors (Lipinski definition) is 2. The van der Waals surface area contributed by atoms with Crippen LogP contribution in [0.15, 0.2) is 30.3 Å². The van der Waals surface area contributed by atoms with Gasteiger partial charge in [-0.3, -0.25) is 15.0 Å². The molecule has 1 aromatic heterocycles. The maximum absolute atomic E-state index is 11.0. The Morgan fingerprint density at radius 3 is 2.70 bits per heavy atom. The minimum absolute atomic E-state index is 0.0566. The molecule has 0 fully saturated rings. The Labute approximate surface area is 114 Å². The molecule has 1 heterocycles. The zero-order valence-corrected chi connectivity index (χ0v) is 10.7. The van der Waals surface area contributed by atoms with Gasteiger partial charge in [0.1, 0.15) is 5.69 Å². The Balaban J connectivity index is 2.11. The van der Waals surface area contributed by atoms with Crippen molar-refractivity contribution in [3.63, 3.8) is 0 Å². The second-order valence-corrected chi connectivity index (χ2v) is 4.00. The lowest BCUT2D eigenvalue weighted by atomic mass is 10.2. The van der Waals surface area contributed by atoms with Crippen molar-refractivity contribution >= 4 is 17.5 Å². The molecular weight excluding hydrogens is 262 g/mol. The summed E-state index contributed by atoms with van der Waals surface area (Å²) < 4.78 is 0. The first kappa shape index (κ1) is 13.7. The van der Waals surface area contributed by atoms with Gasteiger partial charge in [-0.15, -0.1) is 0 Å². The number of nitrogens with two attached hydrogens (primary N) is 1. The van der Waals surface area contributed by atoms with Crippen LogP contribution in [0.3, 0.4) is 0 Å². The highest BCUT2D eigenvalue weighted by Gasteiger charge is 2.21. The highest BCUT2D eigenvalue weighted by Crippen LogP contribution is 2.25. The molecule has 0 aliphatic carbocycles. The maximum atomic E-state index is 11.0. The predicted molar refractivity (Wildman–Crippen MR) is 72.7 cm³/mol. The van der Waals surface area contributed by atoms with Gasteiger partial charge in [-0.05, 0) is 12.5 Å². The fraction of sp³-hybridized carbons (Fsp3) is 0.167. The van der Waals surface area contributed by atoms with E-state index in [-0.39, 0.29) is 29.8 Å². The van der Waals surface area contributed by atoms with Gasteiger partial charge >= 0.3 is 5.69 Å². The molecule has 3 N–H and O–H groups in total. The molecule has 104 valence electrons. The second-order valence-electron chi connectivity index (χ2n) is 4.00. The van der Waals surface area contributed by atoms with E-state index in [1.807, 2.05) is 30.3 Å². The summed E-state index contributed by atoms with van der Waals surface area (Å²) >= 11 is 0. The van der Waals surface area contributed by atoms with Gasteiger partial charge in [0.2, 0.25) is 11.8 Å². The van der Waals surface area contributed by atoms with E-state index >= 15 is 0 Å². The lowest BCUT2D eigenvalue weighted by molar-refractivity contribution is -0.385. The summed E-state index contributed by atoms with van der Waals surface area (Å²) in [6.45, 7) is 1.72. The quantitative estimate of drug-likeness (QED) is 0.631. The van der Waals surface area contributed by atoms with Gasteiger partial charge < -0.3 is 5.73 Å². The number of rotatable bonds is 5. The van der Waals surface area contributed by atoms with Crippen molar-refractivity contribution in [1.29, 1.82) is 0 Å². The second kappa shape index (κ2) is 5.93. The number of anilines is 2. The SMILES string of the molecule is Cc1nc(N)nc(NOCc2ccccc2)c1[N+](=O)[O-]. The zero-order chi connectivity index (χ0) is 14.5. The van der Waals surface area contributed by atoms with E-state index in [1.54, 1.807) is 0 Å². The molecule has 0 unspecified atom stereocenters. The molecule has 0 aliphatic rings. The van der Waals surface area contributed by atoms with Crippen LogP contribution in [-0.2, 0) is 11.4 Å². The van der Waals surface area contributed by atoms with E-state index < -0.39 is 4.92 Å². The fourth-order valence-electron chi connectivity index (χ4n) is 1.64. The summed E-state index contributed by atoms with van der Waals surface area (Å²) in [5.74, 6) is -0.116. The van der Waals surface area contributed by atoms with Crippen molar-refractivity contribution in [3.8, 4) is 0 Å². The molecular formula is C12H13N5O3. The van der Waals surface area contributed by atoms with Crippen molar-refractivity contribution in [2.45, 2.75) is 13.5 Å². The first-order valence-electron chi connectivity index (χ1n) is 5.78. The normalized spacial score (nSPS) is 10.2. The Hall–Kier alpha value is -2.74. The molecule has 8 nitrogen and oxygen atoms in total. The van der Waals surface area contributed by atoms with Gasteiger partial charge in [0.25, 0.3) is 0 Å². The molecule has 2 aromatic rings. The van der Waals surface area contributed by atoms with Gasteiger partial charge in [-0.1, -0.05) is 30.3 Å². The Kier molecular flexibility index (Phi) is 4.06. The molecule has 0 saturated heterocycles. The van der Waals surface area contributed by atoms with Crippen molar-refractivity contribution in [2.24, 2.45) is 0 Å². The molecule has 0 amide bonds. The summed E-state index contributed by atoms with van der Waals surface area (Å²) in [5, 5.41) is 11.0. The van der Waals surface area contributed by atoms with Gasteiger partial charge in [-0.2, -0.15) is 4.98 Å². The molecule has 0 spiro atoms. The molecule has 0 aliphatic heterocycles. The van der Waals surface area contributed by atoms with Gasteiger partial charge in [0.15, 0.2) is 0 Å². The monoisotopic (exact) mass is 275 g/mol. The summed E-state index contributed by atoms with van der Waals surface area (Å²) in [4.78, 5) is 23.1. The molecule has 0 atom stereocenters. The van der Waals surface area contributed by atoms with Crippen molar-refractivity contribution in [2.75, 3.05) is 11.2 Å². The first-order valence-corrected chi connectivity index (χ1v) is 5.78. The Bertz CT molecular complexity index is 618. The minimum Gasteiger partial charge on any atom is -0.368 e. The average molecular weight is 275 g/mol. The van der Waals surface area contributed by atoms with Gasteiger partial charge in [0, 0.05) is 0 Å². The number of aryl methyl sites for hydroxylation is 1. The number of benzene rings is 1. The van der Waals surface area contributed by atoms with E-state index in [0.29, 0.717) is 0 Å². The highest BCUT2D eigenvalue weighted by molar-refractivity contribution is 5.59. The Morgan fingerprint density at radius 2 is 2.05 bits per heavy atom. The summed E-state index contributed by atoms with van der Waals surface area (Å²) in [6, 6.07) is 9.36. The number of nitrogens with one attached hydrogen (secondary N) is 1. The van der Waals surface area contributed by atoms with Crippen molar-refractivity contribution < 1.29 is 9.76 Å². The van der Waals surface area contributed by atoms with E-state index in [1.165, 1.54) is 6.92 Å². The van der Waals surface area contributed by atoms with Crippen molar-refractivity contribution in [3.05, 3.63) is 51.7 Å². The lowest BCUT2D eigenvalue weighted by Crippen LogP contribution is -2.10. The topological polar surface area (TPSA) is 116 Å². The maximum Gasteiger partial charge on any atom is 0.334 e. The van der Waals surface area contributed by atoms with Crippen molar-refractivity contribution in [1.82, 2.24) is 9.97 Å². The van der Waals surface area contributed by atoms with E-state index in [9.17, 15) is 10.1 Å². The van der Waals surface area contributed by atoms with E-state index in [4.69, 9.17) is 10.6 Å². The third kappa shape index (κ3) is 3.18. The zero-order valence-electron chi connectivity index (χ0n) is 10.7. The molecule has 8 heteroatoms. The number of hydrogen-bond acceptors (Lipinski definition) is 7. The summed E-state index contributed by atoms with van der Waals surface area (Å²) in [7, 11) is 0. The number of nitrogens with zero attached hydrogens (tertiary/aromatic N) is 3. The largest absolute Gasteiger partial charge is 0.368 e. The predicted octanol–water partition coefficient (Wildman–Crippen LogP) is 1.82. The van der Waals surface area contributed by atoms with Gasteiger partial charge in [0.05, 0.1) is 11.5 Å². The number of nitrogen functional groups attached to an aromatic ring is 1. The lowest BCUT2D eigenvalue weighted by Gasteiger charge is -2.08. The molecule has 2 rings (SSSR count).